The van der Waals surface area contributed by atoms with Crippen molar-refractivity contribution in [3.8, 4) is 0 Å². The summed E-state index contributed by atoms with van der Waals surface area (Å²) >= 11 is 0. The fourth-order valence-corrected chi connectivity index (χ4v) is 1.99. The Labute approximate surface area is 114 Å². The lowest BCUT2D eigenvalue weighted by molar-refractivity contribution is -0.144. The molecule has 0 amide bonds. The maximum absolute atomic E-state index is 11.3. The SMILES string of the molecule is CCCCCOC(c1ccccc1)C(NC)C(=O)O. The highest BCUT2D eigenvalue weighted by atomic mass is 16.5. The van der Waals surface area contributed by atoms with Crippen molar-refractivity contribution < 1.29 is 14.6 Å². The maximum atomic E-state index is 11.3. The van der Waals surface area contributed by atoms with Crippen molar-refractivity contribution in [2.24, 2.45) is 0 Å². The highest BCUT2D eigenvalue weighted by molar-refractivity contribution is 5.74. The molecule has 0 aromatic heterocycles. The van der Waals surface area contributed by atoms with E-state index in [1.807, 2.05) is 30.3 Å². The maximum Gasteiger partial charge on any atom is 0.323 e. The summed E-state index contributed by atoms with van der Waals surface area (Å²) in [5, 5.41) is 12.1. The van der Waals surface area contributed by atoms with E-state index in [2.05, 4.69) is 12.2 Å². The molecule has 1 aromatic carbocycles. The van der Waals surface area contributed by atoms with Gasteiger partial charge in [0.05, 0.1) is 0 Å². The lowest BCUT2D eigenvalue weighted by atomic mass is 10.0. The van der Waals surface area contributed by atoms with Crippen LogP contribution in [0, 0.1) is 0 Å². The van der Waals surface area contributed by atoms with Gasteiger partial charge in [0, 0.05) is 6.61 Å². The van der Waals surface area contributed by atoms with Gasteiger partial charge in [-0.15, -0.1) is 0 Å². The first-order valence-corrected chi connectivity index (χ1v) is 6.77. The van der Waals surface area contributed by atoms with Gasteiger partial charge in [-0.3, -0.25) is 4.79 Å². The molecular weight excluding hydrogens is 242 g/mol. The molecule has 1 rings (SSSR count). The molecule has 106 valence electrons. The average Bonchev–Trinajstić information content (AvgIpc) is 2.43. The van der Waals surface area contributed by atoms with Crippen LogP contribution in [0.1, 0.15) is 37.9 Å². The third-order valence-corrected chi connectivity index (χ3v) is 3.05. The van der Waals surface area contributed by atoms with Crippen LogP contribution >= 0.6 is 0 Å². The molecule has 0 aliphatic carbocycles. The molecule has 1 aromatic rings. The minimum atomic E-state index is -0.896. The number of unbranched alkanes of at least 4 members (excludes halogenated alkanes) is 2. The summed E-state index contributed by atoms with van der Waals surface area (Å²) in [7, 11) is 1.64. The predicted molar refractivity (Wildman–Crippen MR) is 75.1 cm³/mol. The molecule has 0 saturated heterocycles. The van der Waals surface area contributed by atoms with Crippen molar-refractivity contribution in [3.63, 3.8) is 0 Å². The van der Waals surface area contributed by atoms with Gasteiger partial charge < -0.3 is 15.2 Å². The van der Waals surface area contributed by atoms with Gasteiger partial charge in [-0.2, -0.15) is 0 Å². The fourth-order valence-electron chi connectivity index (χ4n) is 1.99. The Bertz CT molecular complexity index is 367. The number of nitrogens with one attached hydrogen (secondary N) is 1. The first-order chi connectivity index (χ1) is 9.20. The number of hydrogen-bond donors (Lipinski definition) is 2. The van der Waals surface area contributed by atoms with Crippen LogP contribution in [0.15, 0.2) is 30.3 Å². The van der Waals surface area contributed by atoms with Crippen molar-refractivity contribution >= 4 is 5.97 Å². The highest BCUT2D eigenvalue weighted by Gasteiger charge is 2.28. The van der Waals surface area contributed by atoms with Crippen molar-refractivity contribution in [3.05, 3.63) is 35.9 Å². The van der Waals surface area contributed by atoms with Gasteiger partial charge in [0.2, 0.25) is 0 Å². The number of carbonyl (C=O) groups is 1. The first-order valence-electron chi connectivity index (χ1n) is 6.77. The molecule has 4 nitrogen and oxygen atoms in total. The van der Waals surface area contributed by atoms with Crippen molar-refractivity contribution in [1.82, 2.24) is 5.32 Å². The van der Waals surface area contributed by atoms with E-state index in [-0.39, 0.29) is 0 Å². The summed E-state index contributed by atoms with van der Waals surface area (Å²) in [6.07, 6.45) is 2.71. The second kappa shape index (κ2) is 8.67. The molecule has 19 heavy (non-hydrogen) atoms. The molecule has 0 spiro atoms. The molecule has 0 aliphatic heterocycles. The normalized spacial score (nSPS) is 14.0. The molecular formula is C15H23NO3. The van der Waals surface area contributed by atoms with Crippen LogP contribution in [0.2, 0.25) is 0 Å². The summed E-state index contributed by atoms with van der Waals surface area (Å²) < 4.78 is 5.80. The van der Waals surface area contributed by atoms with E-state index < -0.39 is 18.1 Å². The molecule has 0 bridgehead atoms. The molecule has 0 heterocycles. The van der Waals surface area contributed by atoms with Crippen LogP contribution in [0.5, 0.6) is 0 Å². The van der Waals surface area contributed by atoms with Crippen molar-refractivity contribution in [1.29, 1.82) is 0 Å². The van der Waals surface area contributed by atoms with Crippen LogP contribution < -0.4 is 5.32 Å². The van der Waals surface area contributed by atoms with Gasteiger partial charge in [-0.1, -0.05) is 50.1 Å². The largest absolute Gasteiger partial charge is 0.480 e. The molecule has 0 saturated carbocycles. The zero-order valence-electron chi connectivity index (χ0n) is 11.6. The number of likely N-dealkylation sites (N-methyl/N-ethyl adjacent to an activating group) is 1. The lowest BCUT2D eigenvalue weighted by Gasteiger charge is -2.24. The predicted octanol–water partition coefficient (Wildman–Crippen LogP) is 2.61. The van der Waals surface area contributed by atoms with Crippen LogP contribution in [0.3, 0.4) is 0 Å². The summed E-state index contributed by atoms with van der Waals surface area (Å²) in [6.45, 7) is 2.71. The topological polar surface area (TPSA) is 58.6 Å². The quantitative estimate of drug-likeness (QED) is 0.674. The Morgan fingerprint density at radius 1 is 1.32 bits per heavy atom. The van der Waals surface area contributed by atoms with Crippen LogP contribution in [0.25, 0.3) is 0 Å². The number of carboxylic acid groups (broad SMARTS) is 1. The van der Waals surface area contributed by atoms with Gasteiger partial charge in [0.25, 0.3) is 0 Å². The standard InChI is InChI=1S/C15H23NO3/c1-3-4-8-11-19-14(13(16-2)15(17)18)12-9-6-5-7-10-12/h5-7,9-10,13-14,16H,3-4,8,11H2,1-2H3,(H,17,18). The molecule has 0 radical (unpaired) electrons. The zero-order chi connectivity index (χ0) is 14.1. The summed E-state index contributed by atoms with van der Waals surface area (Å²) in [4.78, 5) is 11.3. The second-order valence-corrected chi connectivity index (χ2v) is 4.51. The molecule has 4 heteroatoms. The minimum absolute atomic E-state index is 0.458. The Hall–Kier alpha value is -1.39. The number of hydrogen-bond acceptors (Lipinski definition) is 3. The van der Waals surface area contributed by atoms with Crippen molar-refractivity contribution in [2.75, 3.05) is 13.7 Å². The van der Waals surface area contributed by atoms with E-state index in [0.717, 1.165) is 24.8 Å². The first kappa shape index (κ1) is 15.7. The minimum Gasteiger partial charge on any atom is -0.480 e. The molecule has 0 aliphatic rings. The van der Waals surface area contributed by atoms with E-state index in [4.69, 9.17) is 4.74 Å². The molecule has 2 atom stereocenters. The number of ether oxygens (including phenoxy) is 1. The van der Waals surface area contributed by atoms with Crippen LogP contribution in [0.4, 0.5) is 0 Å². The van der Waals surface area contributed by atoms with E-state index in [1.54, 1.807) is 7.05 Å². The molecule has 2 N–H and O–H groups in total. The van der Waals surface area contributed by atoms with Gasteiger partial charge in [-0.05, 0) is 19.0 Å². The Kier molecular flexibility index (Phi) is 7.15. The third kappa shape index (κ3) is 5.01. The monoisotopic (exact) mass is 265 g/mol. The highest BCUT2D eigenvalue weighted by Crippen LogP contribution is 2.22. The second-order valence-electron chi connectivity index (χ2n) is 4.51. The van der Waals surface area contributed by atoms with Crippen molar-refractivity contribution in [2.45, 2.75) is 38.3 Å². The fraction of sp³-hybridized carbons (Fsp3) is 0.533. The summed E-state index contributed by atoms with van der Waals surface area (Å²) in [6, 6.07) is 8.77. The Morgan fingerprint density at radius 3 is 2.53 bits per heavy atom. The smallest absolute Gasteiger partial charge is 0.323 e. The van der Waals surface area contributed by atoms with Crippen LogP contribution in [-0.4, -0.2) is 30.8 Å². The Balaban J connectivity index is 2.75. The van der Waals surface area contributed by atoms with E-state index in [1.165, 1.54) is 0 Å². The average molecular weight is 265 g/mol. The number of aliphatic carboxylic acids is 1. The van der Waals surface area contributed by atoms with E-state index in [0.29, 0.717) is 6.61 Å². The van der Waals surface area contributed by atoms with Gasteiger partial charge >= 0.3 is 5.97 Å². The molecule has 2 unspecified atom stereocenters. The molecule has 0 fully saturated rings. The number of carboxylic acids is 1. The Morgan fingerprint density at radius 2 is 2.00 bits per heavy atom. The lowest BCUT2D eigenvalue weighted by Crippen LogP contribution is -2.40. The van der Waals surface area contributed by atoms with Crippen LogP contribution in [-0.2, 0) is 9.53 Å². The zero-order valence-corrected chi connectivity index (χ0v) is 11.6. The summed E-state index contributed by atoms with van der Waals surface area (Å²) in [5.74, 6) is -0.896. The van der Waals surface area contributed by atoms with E-state index in [9.17, 15) is 9.90 Å². The van der Waals surface area contributed by atoms with E-state index >= 15 is 0 Å². The number of rotatable bonds is 9. The third-order valence-electron chi connectivity index (χ3n) is 3.05. The van der Waals surface area contributed by atoms with Gasteiger partial charge in [-0.25, -0.2) is 0 Å². The number of benzene rings is 1. The summed E-state index contributed by atoms with van der Waals surface area (Å²) in [5.41, 5.74) is 0.890. The van der Waals surface area contributed by atoms with Gasteiger partial charge in [0.1, 0.15) is 12.1 Å². The van der Waals surface area contributed by atoms with Gasteiger partial charge in [0.15, 0.2) is 0 Å².